The molecule has 0 aromatic carbocycles. The first-order valence-electron chi connectivity index (χ1n) is 8.28. The number of likely N-dealkylation sites (tertiary alicyclic amines) is 1. The summed E-state index contributed by atoms with van der Waals surface area (Å²) < 4.78 is 1.97. The van der Waals surface area contributed by atoms with E-state index in [4.69, 9.17) is 0 Å². The van der Waals surface area contributed by atoms with Gasteiger partial charge in [0.15, 0.2) is 0 Å². The molecule has 0 aliphatic carbocycles. The second-order valence-corrected chi connectivity index (χ2v) is 7.11. The molecule has 0 unspecified atom stereocenters. The number of thiophene rings is 1. The van der Waals surface area contributed by atoms with Crippen LogP contribution in [0.25, 0.3) is 5.69 Å². The van der Waals surface area contributed by atoms with E-state index in [9.17, 15) is 9.59 Å². The number of amides is 3. The van der Waals surface area contributed by atoms with E-state index >= 15 is 0 Å². The summed E-state index contributed by atoms with van der Waals surface area (Å²) in [4.78, 5) is 29.5. The highest BCUT2D eigenvalue weighted by atomic mass is 32.1. The van der Waals surface area contributed by atoms with Gasteiger partial charge in [-0.25, -0.2) is 4.79 Å². The number of carbonyl (C=O) groups excluding carboxylic acids is 2. The monoisotopic (exact) mass is 344 g/mol. The predicted octanol–water partition coefficient (Wildman–Crippen LogP) is 2.17. The average Bonchev–Trinajstić information content (AvgIpc) is 3.34. The molecule has 0 saturated carbocycles. The summed E-state index contributed by atoms with van der Waals surface area (Å²) in [6.07, 6.45) is 5.80. The Morgan fingerprint density at radius 3 is 2.83 bits per heavy atom. The molecule has 24 heavy (non-hydrogen) atoms. The fraction of sp³-hybridized carbons (Fsp3) is 0.412. The van der Waals surface area contributed by atoms with Gasteiger partial charge in [0, 0.05) is 38.6 Å². The Morgan fingerprint density at radius 2 is 2.08 bits per heavy atom. The fourth-order valence-electron chi connectivity index (χ4n) is 3.53. The Labute approximate surface area is 144 Å². The predicted molar refractivity (Wildman–Crippen MR) is 92.7 cm³/mol. The first-order chi connectivity index (χ1) is 11.7. The molecule has 2 aliphatic rings. The highest BCUT2D eigenvalue weighted by Gasteiger charge is 2.33. The summed E-state index contributed by atoms with van der Waals surface area (Å²) in [6, 6.07) is 6.01. The van der Waals surface area contributed by atoms with Gasteiger partial charge < -0.3 is 19.7 Å². The van der Waals surface area contributed by atoms with Crippen LogP contribution in [0.1, 0.15) is 22.5 Å². The van der Waals surface area contributed by atoms with Gasteiger partial charge in [-0.1, -0.05) is 0 Å². The number of aromatic nitrogens is 1. The normalized spacial score (nSPS) is 21.2. The van der Waals surface area contributed by atoms with Crippen LogP contribution in [0.4, 0.5) is 4.79 Å². The zero-order valence-corrected chi connectivity index (χ0v) is 14.2. The number of hydrogen-bond donors (Lipinski definition) is 1. The summed E-state index contributed by atoms with van der Waals surface area (Å²) in [5.74, 6) is 0.0676. The minimum absolute atomic E-state index is 0.00143. The summed E-state index contributed by atoms with van der Waals surface area (Å²) in [7, 11) is 0. The van der Waals surface area contributed by atoms with E-state index in [0.717, 1.165) is 36.5 Å². The molecule has 2 saturated heterocycles. The van der Waals surface area contributed by atoms with Crippen molar-refractivity contribution in [1.29, 1.82) is 0 Å². The third-order valence-electron chi connectivity index (χ3n) is 4.74. The van der Waals surface area contributed by atoms with E-state index in [2.05, 4.69) is 5.32 Å². The SMILES string of the molecule is O=C(c1sccc1-n1cccc1)N1CCC[C@@H](N2CCNC2=O)C1. The van der Waals surface area contributed by atoms with Crippen LogP contribution in [0.3, 0.4) is 0 Å². The van der Waals surface area contributed by atoms with E-state index in [0.29, 0.717) is 13.1 Å². The molecular formula is C17H20N4O2S. The van der Waals surface area contributed by atoms with Gasteiger partial charge in [0.1, 0.15) is 4.88 Å². The van der Waals surface area contributed by atoms with Crippen molar-refractivity contribution in [3.8, 4) is 5.69 Å². The van der Waals surface area contributed by atoms with Crippen LogP contribution in [0.5, 0.6) is 0 Å². The zero-order chi connectivity index (χ0) is 16.5. The lowest BCUT2D eigenvalue weighted by Crippen LogP contribution is -2.50. The highest BCUT2D eigenvalue weighted by Crippen LogP contribution is 2.26. The highest BCUT2D eigenvalue weighted by molar-refractivity contribution is 7.12. The molecule has 1 N–H and O–H groups in total. The summed E-state index contributed by atoms with van der Waals surface area (Å²) in [5.41, 5.74) is 0.927. The second kappa shape index (κ2) is 6.32. The van der Waals surface area contributed by atoms with Crippen molar-refractivity contribution in [3.05, 3.63) is 40.8 Å². The fourth-order valence-corrected chi connectivity index (χ4v) is 4.39. The molecule has 4 rings (SSSR count). The Morgan fingerprint density at radius 1 is 1.25 bits per heavy atom. The molecule has 6 nitrogen and oxygen atoms in total. The molecule has 2 fully saturated rings. The minimum atomic E-state index is -0.00143. The van der Waals surface area contributed by atoms with Crippen LogP contribution in [-0.4, -0.2) is 58.5 Å². The van der Waals surface area contributed by atoms with Crippen LogP contribution in [0.2, 0.25) is 0 Å². The van der Waals surface area contributed by atoms with E-state index in [-0.39, 0.29) is 18.0 Å². The van der Waals surface area contributed by atoms with Gasteiger partial charge in [-0.2, -0.15) is 0 Å². The molecule has 4 heterocycles. The topological polar surface area (TPSA) is 57.6 Å². The average molecular weight is 344 g/mol. The first-order valence-corrected chi connectivity index (χ1v) is 9.16. The van der Waals surface area contributed by atoms with Gasteiger partial charge in [0.05, 0.1) is 11.7 Å². The molecule has 126 valence electrons. The number of hydrogen-bond acceptors (Lipinski definition) is 3. The Kier molecular flexibility index (Phi) is 4.02. The van der Waals surface area contributed by atoms with Crippen molar-refractivity contribution in [2.75, 3.05) is 26.2 Å². The van der Waals surface area contributed by atoms with Gasteiger partial charge >= 0.3 is 6.03 Å². The van der Waals surface area contributed by atoms with Crippen LogP contribution in [-0.2, 0) is 0 Å². The first kappa shape index (κ1) is 15.3. The summed E-state index contributed by atoms with van der Waals surface area (Å²) >= 11 is 1.48. The van der Waals surface area contributed by atoms with E-state index in [1.54, 1.807) is 0 Å². The molecule has 0 radical (unpaired) electrons. The molecule has 7 heteroatoms. The van der Waals surface area contributed by atoms with E-state index < -0.39 is 0 Å². The van der Waals surface area contributed by atoms with E-state index in [1.807, 2.05) is 50.3 Å². The summed E-state index contributed by atoms with van der Waals surface area (Å²) in [6.45, 7) is 2.81. The van der Waals surface area contributed by atoms with Gasteiger partial charge in [-0.05, 0) is 36.4 Å². The quantitative estimate of drug-likeness (QED) is 0.928. The van der Waals surface area contributed by atoms with Gasteiger partial charge in [0.25, 0.3) is 5.91 Å². The maximum Gasteiger partial charge on any atom is 0.317 e. The van der Waals surface area contributed by atoms with Crippen molar-refractivity contribution >= 4 is 23.3 Å². The molecule has 3 amide bonds. The van der Waals surface area contributed by atoms with Crippen LogP contribution in [0, 0.1) is 0 Å². The smallest absolute Gasteiger partial charge is 0.317 e. The molecule has 2 aromatic heterocycles. The number of piperidine rings is 1. The molecular weight excluding hydrogens is 324 g/mol. The molecule has 2 aromatic rings. The van der Waals surface area contributed by atoms with Crippen LogP contribution >= 0.6 is 11.3 Å². The molecule has 0 bridgehead atoms. The van der Waals surface area contributed by atoms with Crippen molar-refractivity contribution in [2.24, 2.45) is 0 Å². The van der Waals surface area contributed by atoms with E-state index in [1.165, 1.54) is 11.3 Å². The number of rotatable bonds is 3. The van der Waals surface area contributed by atoms with Crippen molar-refractivity contribution < 1.29 is 9.59 Å². The van der Waals surface area contributed by atoms with Gasteiger partial charge in [-0.15, -0.1) is 11.3 Å². The van der Waals surface area contributed by atoms with Crippen molar-refractivity contribution in [1.82, 2.24) is 19.7 Å². The summed E-state index contributed by atoms with van der Waals surface area (Å²) in [5, 5.41) is 4.80. The molecule has 0 spiro atoms. The largest absolute Gasteiger partial charge is 0.336 e. The van der Waals surface area contributed by atoms with Crippen molar-refractivity contribution in [3.63, 3.8) is 0 Å². The van der Waals surface area contributed by atoms with Gasteiger partial charge in [0.2, 0.25) is 0 Å². The number of nitrogens with zero attached hydrogens (tertiary/aromatic N) is 3. The third-order valence-corrected chi connectivity index (χ3v) is 5.63. The van der Waals surface area contributed by atoms with Crippen LogP contribution < -0.4 is 5.32 Å². The Bertz CT molecular complexity index is 740. The lowest BCUT2D eigenvalue weighted by Gasteiger charge is -2.37. The lowest BCUT2D eigenvalue weighted by molar-refractivity contribution is 0.0639. The minimum Gasteiger partial charge on any atom is -0.336 e. The Hall–Kier alpha value is -2.28. The maximum atomic E-state index is 13.0. The third kappa shape index (κ3) is 2.69. The zero-order valence-electron chi connectivity index (χ0n) is 13.4. The Balaban J connectivity index is 1.52. The maximum absolute atomic E-state index is 13.0. The van der Waals surface area contributed by atoms with Crippen molar-refractivity contribution in [2.45, 2.75) is 18.9 Å². The molecule has 1 atom stereocenters. The molecule has 2 aliphatic heterocycles. The second-order valence-electron chi connectivity index (χ2n) is 6.20. The lowest BCUT2D eigenvalue weighted by atomic mass is 10.0. The number of carbonyl (C=O) groups is 2. The van der Waals surface area contributed by atoms with Gasteiger partial charge in [-0.3, -0.25) is 4.79 Å². The number of nitrogens with one attached hydrogen (secondary N) is 1. The van der Waals surface area contributed by atoms with Crippen LogP contribution in [0.15, 0.2) is 36.0 Å². The number of urea groups is 1. The standard InChI is InChI=1S/C17H20N4O2S/c22-16(15-14(5-11-24-15)19-7-1-2-8-19)20-9-3-4-13(12-20)21-10-6-18-17(21)23/h1-2,5,7-8,11,13H,3-4,6,9-10,12H2,(H,18,23)/t13-/m1/s1.